The van der Waals surface area contributed by atoms with E-state index in [-0.39, 0.29) is 0 Å². The van der Waals surface area contributed by atoms with E-state index in [9.17, 15) is 0 Å². The summed E-state index contributed by atoms with van der Waals surface area (Å²) in [6.07, 6.45) is 49.6. The smallest absolute Gasteiger partial charge is 0.198 e. The van der Waals surface area contributed by atoms with E-state index in [0.29, 0.717) is 0 Å². The number of rotatable bonds is 35. The number of unbranched alkanes of at least 4 members (excludes halogenated alkanes) is 24. The fourth-order valence-corrected chi connectivity index (χ4v) is 6.77. The van der Waals surface area contributed by atoms with Crippen molar-refractivity contribution < 1.29 is 4.48 Å². The van der Waals surface area contributed by atoms with Gasteiger partial charge in [-0.3, -0.25) is 4.48 Å². The zero-order chi connectivity index (χ0) is 32.4. The Morgan fingerprint density at radius 3 is 1.38 bits per heavy atom. The fourth-order valence-electron chi connectivity index (χ4n) is 6.77. The molecule has 1 aliphatic rings. The number of likely N-dealkylation sites (N-methyl/N-ethyl adjacent to an activating group) is 1. The molecule has 0 aliphatic carbocycles. The van der Waals surface area contributed by atoms with Crippen LogP contribution in [0.3, 0.4) is 0 Å². The summed E-state index contributed by atoms with van der Waals surface area (Å²) in [6.45, 7) is 10.4. The van der Waals surface area contributed by atoms with Crippen LogP contribution >= 0.6 is 0 Å². The molecule has 1 aliphatic heterocycles. The highest BCUT2D eigenvalue weighted by Crippen LogP contribution is 2.18. The second-order valence-electron chi connectivity index (χ2n) is 14.5. The van der Waals surface area contributed by atoms with Crippen molar-refractivity contribution in [1.82, 2.24) is 5.32 Å². The fraction of sp³-hybridized carbons (Fsp3) is 0.881. The molecule has 45 heavy (non-hydrogen) atoms. The number of amidine groups is 1. The molecule has 1 N–H and O–H groups in total. The van der Waals surface area contributed by atoms with Crippen molar-refractivity contribution in [3.05, 3.63) is 24.3 Å². The summed E-state index contributed by atoms with van der Waals surface area (Å²) < 4.78 is 1.09. The molecule has 1 atom stereocenters. The van der Waals surface area contributed by atoms with E-state index in [0.717, 1.165) is 17.6 Å². The topological polar surface area (TPSA) is 24.4 Å². The molecule has 0 saturated carbocycles. The molecule has 0 aromatic rings. The van der Waals surface area contributed by atoms with Crippen LogP contribution in [0.5, 0.6) is 0 Å². The van der Waals surface area contributed by atoms with Gasteiger partial charge in [-0.15, -0.1) is 0 Å². The molecule has 0 bridgehead atoms. The maximum absolute atomic E-state index is 4.95. The molecule has 3 heteroatoms. The second kappa shape index (κ2) is 33.0. The van der Waals surface area contributed by atoms with E-state index < -0.39 is 0 Å². The first kappa shape index (κ1) is 42.1. The number of nitrogens with one attached hydrogen (secondary N) is 1. The minimum absolute atomic E-state index is 1.03. The predicted molar refractivity (Wildman–Crippen MR) is 205 cm³/mol. The Bertz CT molecular complexity index is 696. The Kier molecular flexibility index (Phi) is 30.9. The van der Waals surface area contributed by atoms with Crippen LogP contribution in [0.25, 0.3) is 0 Å². The van der Waals surface area contributed by atoms with Crippen molar-refractivity contribution >= 4 is 5.84 Å². The van der Waals surface area contributed by atoms with Crippen LogP contribution in [-0.2, 0) is 0 Å². The van der Waals surface area contributed by atoms with Gasteiger partial charge in [-0.25, -0.2) is 4.99 Å². The molecule has 264 valence electrons. The van der Waals surface area contributed by atoms with Gasteiger partial charge in [0, 0.05) is 13.0 Å². The monoisotopic (exact) mass is 629 g/mol. The SMILES string of the molecule is CCCCCCCCC=CCCCCCCCCNCC[N+]1(C)CCN=C1CCCCCCCCC=CCCCCCCCC. The highest BCUT2D eigenvalue weighted by Gasteiger charge is 2.32. The number of nitrogens with zero attached hydrogens (tertiary/aromatic N) is 2. The molecule has 3 nitrogen and oxygen atoms in total. The minimum atomic E-state index is 1.03. The number of hydrogen-bond acceptors (Lipinski definition) is 2. The van der Waals surface area contributed by atoms with Crippen molar-refractivity contribution in [3.63, 3.8) is 0 Å². The summed E-state index contributed by atoms with van der Waals surface area (Å²) in [5.74, 6) is 1.48. The maximum atomic E-state index is 4.95. The van der Waals surface area contributed by atoms with Crippen LogP contribution in [0.4, 0.5) is 0 Å². The molecule has 1 rings (SSSR count). The molecular weight excluding hydrogens is 546 g/mol. The Morgan fingerprint density at radius 2 is 0.911 bits per heavy atom. The number of quaternary nitrogens is 1. The van der Waals surface area contributed by atoms with Gasteiger partial charge in [-0.1, -0.05) is 154 Å². The molecule has 1 unspecified atom stereocenters. The first-order valence-electron chi connectivity index (χ1n) is 20.6. The van der Waals surface area contributed by atoms with Gasteiger partial charge >= 0.3 is 0 Å². The van der Waals surface area contributed by atoms with Crippen LogP contribution in [0.1, 0.15) is 200 Å². The van der Waals surface area contributed by atoms with E-state index in [2.05, 4.69) is 50.5 Å². The average Bonchev–Trinajstić information content (AvgIpc) is 3.41. The normalized spacial score (nSPS) is 16.9. The third-order valence-electron chi connectivity index (χ3n) is 10.1. The van der Waals surface area contributed by atoms with Gasteiger partial charge in [-0.2, -0.15) is 0 Å². The number of hydrogen-bond donors (Lipinski definition) is 1. The van der Waals surface area contributed by atoms with Crippen LogP contribution in [0, 0.1) is 0 Å². The van der Waals surface area contributed by atoms with Crippen molar-refractivity contribution in [2.75, 3.05) is 39.8 Å². The third-order valence-corrected chi connectivity index (χ3v) is 10.1. The molecule has 0 aromatic carbocycles. The molecule has 1 heterocycles. The van der Waals surface area contributed by atoms with Gasteiger partial charge in [0.15, 0.2) is 5.84 Å². The Labute approximate surface area is 284 Å². The molecule has 0 aromatic heterocycles. The highest BCUT2D eigenvalue weighted by molar-refractivity contribution is 5.76. The minimum Gasteiger partial charge on any atom is -0.311 e. The second-order valence-corrected chi connectivity index (χ2v) is 14.5. The maximum Gasteiger partial charge on any atom is 0.198 e. The highest BCUT2D eigenvalue weighted by atomic mass is 15.4. The number of aliphatic imine (C=N–C) groups is 1. The van der Waals surface area contributed by atoms with Gasteiger partial charge in [-0.05, 0) is 70.8 Å². The van der Waals surface area contributed by atoms with Crippen LogP contribution in [-0.4, -0.2) is 50.1 Å². The first-order valence-corrected chi connectivity index (χ1v) is 20.6. The zero-order valence-corrected chi connectivity index (χ0v) is 31.2. The van der Waals surface area contributed by atoms with Gasteiger partial charge in [0.05, 0.1) is 20.1 Å². The van der Waals surface area contributed by atoms with Gasteiger partial charge < -0.3 is 5.32 Å². The summed E-state index contributed by atoms with van der Waals surface area (Å²) in [5, 5.41) is 3.75. The van der Waals surface area contributed by atoms with E-state index >= 15 is 0 Å². The molecule has 0 amide bonds. The van der Waals surface area contributed by atoms with Crippen LogP contribution in [0.2, 0.25) is 0 Å². The zero-order valence-electron chi connectivity index (χ0n) is 31.2. The number of allylic oxidation sites excluding steroid dienone is 4. The van der Waals surface area contributed by atoms with Crippen molar-refractivity contribution in [2.24, 2.45) is 4.99 Å². The Morgan fingerprint density at radius 1 is 0.511 bits per heavy atom. The summed E-state index contributed by atoms with van der Waals surface area (Å²) in [7, 11) is 2.43. The van der Waals surface area contributed by atoms with Crippen molar-refractivity contribution in [2.45, 2.75) is 200 Å². The third kappa shape index (κ3) is 26.8. The predicted octanol–water partition coefficient (Wildman–Crippen LogP) is 12.9. The lowest BCUT2D eigenvalue weighted by Crippen LogP contribution is -2.50. The summed E-state index contributed by atoms with van der Waals surface area (Å²) >= 11 is 0. The molecular formula is C42H82N3+. The van der Waals surface area contributed by atoms with Crippen molar-refractivity contribution in [3.8, 4) is 0 Å². The molecule has 0 saturated heterocycles. The van der Waals surface area contributed by atoms with E-state index in [1.807, 2.05) is 0 Å². The molecule has 0 radical (unpaired) electrons. The quantitative estimate of drug-likeness (QED) is 0.0421. The molecule has 0 fully saturated rings. The van der Waals surface area contributed by atoms with Crippen molar-refractivity contribution in [1.29, 1.82) is 0 Å². The van der Waals surface area contributed by atoms with Gasteiger partial charge in [0.2, 0.25) is 0 Å². The van der Waals surface area contributed by atoms with E-state index in [4.69, 9.17) is 4.99 Å². The lowest BCUT2D eigenvalue weighted by Gasteiger charge is -2.30. The van der Waals surface area contributed by atoms with E-state index in [1.165, 1.54) is 212 Å². The largest absolute Gasteiger partial charge is 0.311 e. The van der Waals surface area contributed by atoms with E-state index in [1.54, 1.807) is 0 Å². The Hall–Kier alpha value is -0.930. The Balaban J connectivity index is 1.88. The van der Waals surface area contributed by atoms with Gasteiger partial charge in [0.25, 0.3) is 0 Å². The standard InChI is InChI=1S/C42H82N3/c1-4-6-8-10-12-14-16-18-20-22-24-26-28-30-32-34-36-42-44-39-41-45(42,3)40-38-43-37-35-33-31-29-27-25-23-21-19-17-15-13-11-9-7-5-2/h18-21,43H,4-17,22-41H2,1-3H3/q+1. The summed E-state index contributed by atoms with van der Waals surface area (Å²) in [4.78, 5) is 4.95. The lowest BCUT2D eigenvalue weighted by molar-refractivity contribution is -0.814. The summed E-state index contributed by atoms with van der Waals surface area (Å²) in [6, 6.07) is 0. The lowest BCUT2D eigenvalue weighted by atomic mass is 10.1. The first-order chi connectivity index (χ1) is 22.2. The summed E-state index contributed by atoms with van der Waals surface area (Å²) in [5.41, 5.74) is 0. The van der Waals surface area contributed by atoms with Gasteiger partial charge in [0.1, 0.15) is 6.54 Å². The average molecular weight is 629 g/mol. The van der Waals surface area contributed by atoms with Crippen LogP contribution < -0.4 is 5.32 Å². The van der Waals surface area contributed by atoms with Crippen LogP contribution in [0.15, 0.2) is 29.3 Å². The molecule has 0 spiro atoms.